The van der Waals surface area contributed by atoms with E-state index in [9.17, 15) is 5.11 Å². The third-order valence-corrected chi connectivity index (χ3v) is 5.81. The average Bonchev–Trinajstić information content (AvgIpc) is 3.22. The number of hydrogen-bond donors (Lipinski definition) is 3. The van der Waals surface area contributed by atoms with Gasteiger partial charge in [-0.1, -0.05) is 12.1 Å². The first-order valence-electron chi connectivity index (χ1n) is 9.46. The van der Waals surface area contributed by atoms with Crippen molar-refractivity contribution in [3.05, 3.63) is 54.7 Å². The van der Waals surface area contributed by atoms with Crippen molar-refractivity contribution >= 4 is 40.1 Å². The second-order valence-corrected chi connectivity index (χ2v) is 8.11. The molecule has 3 N–H and O–H groups in total. The van der Waals surface area contributed by atoms with Crippen LogP contribution in [-0.4, -0.2) is 49.9 Å². The Labute approximate surface area is 172 Å². The Bertz CT molecular complexity index is 1150. The summed E-state index contributed by atoms with van der Waals surface area (Å²) < 4.78 is 0. The molecule has 0 atom stereocenters. The van der Waals surface area contributed by atoms with Crippen LogP contribution in [0, 0.1) is 0 Å². The van der Waals surface area contributed by atoms with Crippen molar-refractivity contribution in [3.8, 4) is 17.0 Å². The Morgan fingerprint density at radius 3 is 2.79 bits per heavy atom. The third kappa shape index (κ3) is 3.84. The van der Waals surface area contributed by atoms with Gasteiger partial charge in [0.05, 0.1) is 17.4 Å². The second kappa shape index (κ2) is 7.63. The number of phenols is 1. The zero-order chi connectivity index (χ0) is 19.6. The lowest BCUT2D eigenvalue weighted by molar-refractivity contribution is 0.475. The number of aromatic nitrogens is 4. The minimum Gasteiger partial charge on any atom is -0.508 e. The summed E-state index contributed by atoms with van der Waals surface area (Å²) in [6, 6.07) is 15.1. The molecular weight excluding hydrogens is 384 g/mol. The molecule has 0 saturated carbocycles. The zero-order valence-corrected chi connectivity index (χ0v) is 16.5. The molecule has 0 bridgehead atoms. The van der Waals surface area contributed by atoms with E-state index in [4.69, 9.17) is 9.97 Å². The largest absolute Gasteiger partial charge is 0.508 e. The van der Waals surface area contributed by atoms with E-state index in [-0.39, 0.29) is 5.75 Å². The standard InChI is InChI=1S/C21H20N6OS/c28-17-3-1-2-14(11-17)19-12-20(25-21(24-19)27-6-8-29-9-7-27)23-16-4-5-18-15(10-16)13-22-26-18/h1-5,10-13,28H,6-9H2,(H,22,26)(H,23,24,25). The first-order valence-corrected chi connectivity index (χ1v) is 10.6. The Morgan fingerprint density at radius 1 is 1.03 bits per heavy atom. The fourth-order valence-corrected chi connectivity index (χ4v) is 4.29. The van der Waals surface area contributed by atoms with Gasteiger partial charge in [0, 0.05) is 47.3 Å². The van der Waals surface area contributed by atoms with Crippen molar-refractivity contribution in [2.45, 2.75) is 0 Å². The summed E-state index contributed by atoms with van der Waals surface area (Å²) in [5.74, 6) is 3.78. The normalized spacial score (nSPS) is 14.3. The molecule has 0 radical (unpaired) electrons. The lowest BCUT2D eigenvalue weighted by atomic mass is 10.1. The van der Waals surface area contributed by atoms with Crippen LogP contribution in [-0.2, 0) is 0 Å². The topological polar surface area (TPSA) is 90.0 Å². The lowest BCUT2D eigenvalue weighted by Crippen LogP contribution is -2.34. The van der Waals surface area contributed by atoms with Gasteiger partial charge in [0.25, 0.3) is 0 Å². The third-order valence-electron chi connectivity index (χ3n) is 4.86. The number of phenolic OH excluding ortho intramolecular Hbond substituents is 1. The van der Waals surface area contributed by atoms with Crippen LogP contribution in [0.5, 0.6) is 5.75 Å². The molecule has 1 aliphatic heterocycles. The predicted octanol–water partition coefficient (Wildman–Crippen LogP) is 4.02. The number of rotatable bonds is 4. The molecule has 5 rings (SSSR count). The van der Waals surface area contributed by atoms with Gasteiger partial charge in [-0.2, -0.15) is 21.8 Å². The molecule has 29 heavy (non-hydrogen) atoms. The van der Waals surface area contributed by atoms with Crippen LogP contribution in [0.1, 0.15) is 0 Å². The molecule has 2 aromatic heterocycles. The molecule has 3 heterocycles. The number of aromatic hydroxyl groups is 1. The number of anilines is 3. The van der Waals surface area contributed by atoms with Gasteiger partial charge in [0.1, 0.15) is 11.6 Å². The van der Waals surface area contributed by atoms with Crippen molar-refractivity contribution in [2.75, 3.05) is 34.8 Å². The molecule has 1 saturated heterocycles. The average molecular weight is 404 g/mol. The molecular formula is C21H20N6OS. The van der Waals surface area contributed by atoms with E-state index in [0.717, 1.165) is 58.3 Å². The first kappa shape index (κ1) is 17.8. The molecule has 4 aromatic rings. The van der Waals surface area contributed by atoms with E-state index >= 15 is 0 Å². The van der Waals surface area contributed by atoms with Crippen LogP contribution >= 0.6 is 11.8 Å². The minimum atomic E-state index is 0.219. The summed E-state index contributed by atoms with van der Waals surface area (Å²) in [6.07, 6.45) is 1.80. The summed E-state index contributed by atoms with van der Waals surface area (Å²) in [6.45, 7) is 1.85. The maximum absolute atomic E-state index is 9.90. The van der Waals surface area contributed by atoms with Crippen LogP contribution < -0.4 is 10.2 Å². The second-order valence-electron chi connectivity index (χ2n) is 6.89. The van der Waals surface area contributed by atoms with Gasteiger partial charge in [-0.15, -0.1) is 0 Å². The lowest BCUT2D eigenvalue weighted by Gasteiger charge is -2.27. The Morgan fingerprint density at radius 2 is 1.93 bits per heavy atom. The molecule has 146 valence electrons. The molecule has 0 spiro atoms. The Hall–Kier alpha value is -3.26. The smallest absolute Gasteiger partial charge is 0.227 e. The van der Waals surface area contributed by atoms with E-state index in [1.165, 1.54) is 0 Å². The number of aromatic amines is 1. The highest BCUT2D eigenvalue weighted by Crippen LogP contribution is 2.28. The van der Waals surface area contributed by atoms with E-state index in [0.29, 0.717) is 5.95 Å². The van der Waals surface area contributed by atoms with E-state index in [2.05, 4.69) is 20.4 Å². The van der Waals surface area contributed by atoms with Crippen molar-refractivity contribution in [1.29, 1.82) is 0 Å². The Kier molecular flexibility index (Phi) is 4.69. The first-order chi connectivity index (χ1) is 14.2. The summed E-state index contributed by atoms with van der Waals surface area (Å²) in [4.78, 5) is 11.8. The van der Waals surface area contributed by atoms with Gasteiger partial charge in [0.2, 0.25) is 5.95 Å². The van der Waals surface area contributed by atoms with E-state index in [1.54, 1.807) is 18.3 Å². The fraction of sp³-hybridized carbons (Fsp3) is 0.190. The maximum Gasteiger partial charge on any atom is 0.227 e. The SMILES string of the molecule is Oc1cccc(-c2cc(Nc3ccc4[nH]ncc4c3)nc(N3CCSCC3)n2)c1. The van der Waals surface area contributed by atoms with Gasteiger partial charge < -0.3 is 15.3 Å². The van der Waals surface area contributed by atoms with Crippen LogP contribution in [0.25, 0.3) is 22.2 Å². The molecule has 0 aliphatic carbocycles. The molecule has 2 aromatic carbocycles. The van der Waals surface area contributed by atoms with Crippen LogP contribution in [0.15, 0.2) is 54.7 Å². The van der Waals surface area contributed by atoms with Crippen LogP contribution in [0.3, 0.4) is 0 Å². The highest BCUT2D eigenvalue weighted by Gasteiger charge is 2.16. The van der Waals surface area contributed by atoms with Crippen molar-refractivity contribution in [2.24, 2.45) is 0 Å². The highest BCUT2D eigenvalue weighted by atomic mass is 32.2. The van der Waals surface area contributed by atoms with Gasteiger partial charge in [-0.25, -0.2) is 4.98 Å². The molecule has 0 amide bonds. The number of hydrogen-bond acceptors (Lipinski definition) is 7. The quantitative estimate of drug-likeness (QED) is 0.473. The van der Waals surface area contributed by atoms with Crippen molar-refractivity contribution in [1.82, 2.24) is 20.2 Å². The summed E-state index contributed by atoms with van der Waals surface area (Å²) in [7, 11) is 0. The zero-order valence-electron chi connectivity index (χ0n) is 15.7. The molecule has 1 aliphatic rings. The van der Waals surface area contributed by atoms with Crippen LogP contribution in [0.4, 0.5) is 17.5 Å². The number of fused-ring (bicyclic) bond motifs is 1. The monoisotopic (exact) mass is 404 g/mol. The molecule has 0 unspecified atom stereocenters. The molecule has 1 fully saturated rings. The fourth-order valence-electron chi connectivity index (χ4n) is 3.38. The van der Waals surface area contributed by atoms with Crippen molar-refractivity contribution < 1.29 is 5.11 Å². The van der Waals surface area contributed by atoms with Crippen molar-refractivity contribution in [3.63, 3.8) is 0 Å². The molecule has 7 nitrogen and oxygen atoms in total. The molecule has 8 heteroatoms. The minimum absolute atomic E-state index is 0.219. The van der Waals surface area contributed by atoms with Gasteiger partial charge in [-0.3, -0.25) is 5.10 Å². The highest BCUT2D eigenvalue weighted by molar-refractivity contribution is 7.99. The number of nitrogens with zero attached hydrogens (tertiary/aromatic N) is 4. The number of benzene rings is 2. The summed E-state index contributed by atoms with van der Waals surface area (Å²) in [5, 5.41) is 21.4. The van der Waals surface area contributed by atoms with E-state index < -0.39 is 0 Å². The van der Waals surface area contributed by atoms with Crippen LogP contribution in [0.2, 0.25) is 0 Å². The van der Waals surface area contributed by atoms with E-state index in [1.807, 2.05) is 48.2 Å². The maximum atomic E-state index is 9.90. The predicted molar refractivity (Wildman–Crippen MR) is 118 cm³/mol. The number of thioether (sulfide) groups is 1. The number of H-pyrrole nitrogens is 1. The number of nitrogens with one attached hydrogen (secondary N) is 2. The van der Waals surface area contributed by atoms with Gasteiger partial charge in [-0.05, 0) is 30.3 Å². The Balaban J connectivity index is 1.54. The van der Waals surface area contributed by atoms with Gasteiger partial charge >= 0.3 is 0 Å². The van der Waals surface area contributed by atoms with Gasteiger partial charge in [0.15, 0.2) is 0 Å². The summed E-state index contributed by atoms with van der Waals surface area (Å²) >= 11 is 1.95. The summed E-state index contributed by atoms with van der Waals surface area (Å²) in [5.41, 5.74) is 3.55.